The highest BCUT2D eigenvalue weighted by Crippen LogP contribution is 2.57. The fourth-order valence-corrected chi connectivity index (χ4v) is 5.43. The van der Waals surface area contributed by atoms with Crippen molar-refractivity contribution in [2.24, 2.45) is 5.41 Å². The number of pyridine rings is 1. The van der Waals surface area contributed by atoms with Crippen molar-refractivity contribution in [2.75, 3.05) is 0 Å². The predicted molar refractivity (Wildman–Crippen MR) is 119 cm³/mol. The van der Waals surface area contributed by atoms with Gasteiger partial charge in [0.1, 0.15) is 5.82 Å². The highest BCUT2D eigenvalue weighted by atomic mass is 79.9. The van der Waals surface area contributed by atoms with E-state index in [2.05, 4.69) is 39.0 Å². The second-order valence-corrected chi connectivity index (χ2v) is 9.69. The van der Waals surface area contributed by atoms with E-state index in [9.17, 15) is 14.6 Å². The van der Waals surface area contributed by atoms with E-state index in [0.29, 0.717) is 18.5 Å². The number of fused-ring (bicyclic) bond motifs is 2. The van der Waals surface area contributed by atoms with Crippen molar-refractivity contribution in [2.45, 2.75) is 44.3 Å². The lowest BCUT2D eigenvalue weighted by atomic mass is 9.65. The average molecular weight is 484 g/mol. The van der Waals surface area contributed by atoms with Gasteiger partial charge in [-0.2, -0.15) is 5.10 Å². The molecule has 2 N–H and O–H groups in total. The maximum atomic E-state index is 13.3. The first-order chi connectivity index (χ1) is 14.8. The van der Waals surface area contributed by atoms with Gasteiger partial charge in [0.15, 0.2) is 0 Å². The van der Waals surface area contributed by atoms with Crippen molar-refractivity contribution in [3.63, 3.8) is 0 Å². The summed E-state index contributed by atoms with van der Waals surface area (Å²) >= 11 is 3.41. The summed E-state index contributed by atoms with van der Waals surface area (Å²) in [5, 5.41) is 27.1. The van der Waals surface area contributed by atoms with E-state index in [1.807, 2.05) is 16.9 Å². The number of aliphatic hydroxyl groups is 2. The van der Waals surface area contributed by atoms with Gasteiger partial charge in [0.05, 0.1) is 35.0 Å². The Bertz CT molecular complexity index is 1180. The molecule has 0 amide bonds. The first-order valence-corrected chi connectivity index (χ1v) is 11.1. The molecular weight excluding hydrogens is 461 g/mol. The van der Waals surface area contributed by atoms with Crippen LogP contribution in [-0.4, -0.2) is 30.6 Å². The number of hydrogen-bond donors (Lipinski definition) is 2. The van der Waals surface area contributed by atoms with E-state index in [-0.39, 0.29) is 12.2 Å². The zero-order valence-electron chi connectivity index (χ0n) is 17.1. The highest BCUT2D eigenvalue weighted by Gasteiger charge is 2.55. The van der Waals surface area contributed by atoms with Crippen LogP contribution in [0.15, 0.2) is 58.8 Å². The third-order valence-electron chi connectivity index (χ3n) is 6.97. The van der Waals surface area contributed by atoms with Crippen LogP contribution >= 0.6 is 15.9 Å². The average Bonchev–Trinajstić information content (AvgIpc) is 3.25. The molecule has 31 heavy (non-hydrogen) atoms. The molecule has 3 atom stereocenters. The van der Waals surface area contributed by atoms with Gasteiger partial charge >= 0.3 is 0 Å². The number of hydrogen-bond acceptors (Lipinski definition) is 4. The second-order valence-electron chi connectivity index (χ2n) is 8.77. The maximum Gasteiger partial charge on any atom is 0.123 e. The molecule has 0 aliphatic heterocycles. The SMILES string of the molecule is C[C@]12Cc3cnn(-c4ccc(F)cc4)c3C=C1CC[C@@]2(O)CC(O)c1cc(Br)ccn1. The van der Waals surface area contributed by atoms with Crippen molar-refractivity contribution < 1.29 is 14.6 Å². The fourth-order valence-electron chi connectivity index (χ4n) is 5.07. The zero-order valence-corrected chi connectivity index (χ0v) is 18.7. The highest BCUT2D eigenvalue weighted by molar-refractivity contribution is 9.10. The summed E-state index contributed by atoms with van der Waals surface area (Å²) in [6.45, 7) is 2.07. The minimum absolute atomic E-state index is 0.214. The Hall–Kier alpha value is -2.35. The van der Waals surface area contributed by atoms with E-state index in [1.165, 1.54) is 12.1 Å². The Labute approximate surface area is 188 Å². The van der Waals surface area contributed by atoms with Gasteiger partial charge in [-0.3, -0.25) is 4.98 Å². The van der Waals surface area contributed by atoms with Crippen LogP contribution in [0, 0.1) is 11.2 Å². The molecule has 3 aromatic rings. The molecule has 0 spiro atoms. The molecule has 1 saturated carbocycles. The molecule has 160 valence electrons. The summed E-state index contributed by atoms with van der Waals surface area (Å²) < 4.78 is 16.0. The van der Waals surface area contributed by atoms with Crippen LogP contribution in [0.25, 0.3) is 11.8 Å². The van der Waals surface area contributed by atoms with Crippen LogP contribution in [0.4, 0.5) is 4.39 Å². The van der Waals surface area contributed by atoms with E-state index < -0.39 is 17.1 Å². The molecule has 0 saturated heterocycles. The number of benzene rings is 1. The van der Waals surface area contributed by atoms with Gasteiger partial charge in [-0.1, -0.05) is 28.4 Å². The monoisotopic (exact) mass is 483 g/mol. The largest absolute Gasteiger partial charge is 0.389 e. The Balaban J connectivity index is 1.46. The Morgan fingerprint density at radius 1 is 1.26 bits per heavy atom. The van der Waals surface area contributed by atoms with Gasteiger partial charge in [-0.05, 0) is 67.3 Å². The van der Waals surface area contributed by atoms with E-state index >= 15 is 0 Å². The summed E-state index contributed by atoms with van der Waals surface area (Å²) in [6, 6.07) is 9.87. The van der Waals surface area contributed by atoms with Crippen molar-refractivity contribution in [3.8, 4) is 5.69 Å². The van der Waals surface area contributed by atoms with Gasteiger partial charge in [-0.15, -0.1) is 0 Å². The van der Waals surface area contributed by atoms with Gasteiger partial charge in [0, 0.05) is 22.5 Å². The number of nitrogens with zero attached hydrogens (tertiary/aromatic N) is 3. The van der Waals surface area contributed by atoms with Crippen molar-refractivity contribution in [1.82, 2.24) is 14.8 Å². The van der Waals surface area contributed by atoms with Crippen LogP contribution in [0.5, 0.6) is 0 Å². The third kappa shape index (κ3) is 3.35. The molecule has 0 bridgehead atoms. The zero-order chi connectivity index (χ0) is 21.8. The smallest absolute Gasteiger partial charge is 0.123 e. The molecule has 1 fully saturated rings. The summed E-state index contributed by atoms with van der Waals surface area (Å²) in [6.07, 6.45) is 6.89. The van der Waals surface area contributed by atoms with Gasteiger partial charge < -0.3 is 10.2 Å². The molecule has 2 aromatic heterocycles. The Morgan fingerprint density at radius 3 is 2.77 bits per heavy atom. The molecular formula is C24H23BrFN3O2. The number of halogens is 2. The Morgan fingerprint density at radius 2 is 2.03 bits per heavy atom. The second kappa shape index (κ2) is 7.36. The maximum absolute atomic E-state index is 13.3. The lowest BCUT2D eigenvalue weighted by molar-refractivity contribution is -0.0747. The van der Waals surface area contributed by atoms with Crippen molar-refractivity contribution >= 4 is 22.0 Å². The summed E-state index contributed by atoms with van der Waals surface area (Å²) in [5.41, 5.74) is 2.95. The van der Waals surface area contributed by atoms with Crippen LogP contribution in [0.2, 0.25) is 0 Å². The quantitative estimate of drug-likeness (QED) is 0.560. The van der Waals surface area contributed by atoms with Gasteiger partial charge in [0.2, 0.25) is 0 Å². The van der Waals surface area contributed by atoms with Crippen molar-refractivity contribution in [3.05, 3.63) is 81.6 Å². The lowest BCUT2D eigenvalue weighted by Crippen LogP contribution is -2.46. The van der Waals surface area contributed by atoms with Crippen LogP contribution in [0.1, 0.15) is 49.2 Å². The molecule has 7 heteroatoms. The fraction of sp³-hybridized carbons (Fsp3) is 0.333. The summed E-state index contributed by atoms with van der Waals surface area (Å²) in [7, 11) is 0. The topological polar surface area (TPSA) is 71.2 Å². The molecule has 5 nitrogen and oxygen atoms in total. The van der Waals surface area contributed by atoms with E-state index in [0.717, 1.165) is 33.4 Å². The molecule has 0 radical (unpaired) electrons. The molecule has 2 aliphatic carbocycles. The summed E-state index contributed by atoms with van der Waals surface area (Å²) in [5.74, 6) is -0.282. The third-order valence-corrected chi connectivity index (χ3v) is 7.46. The predicted octanol–water partition coefficient (Wildman–Crippen LogP) is 4.76. The summed E-state index contributed by atoms with van der Waals surface area (Å²) in [4.78, 5) is 4.27. The number of aliphatic hydroxyl groups excluding tert-OH is 1. The van der Waals surface area contributed by atoms with Crippen molar-refractivity contribution in [1.29, 1.82) is 0 Å². The molecule has 2 aliphatic rings. The minimum Gasteiger partial charge on any atom is -0.389 e. The standard InChI is InChI=1S/C24H23BrFN3O2/c1-23-12-15-14-28-29(19-4-2-18(26)3-5-19)21(15)10-16(23)6-8-24(23,31)13-22(30)20-11-17(25)7-9-27-20/h2-5,7,9-11,14,22,30-31H,6,8,12-13H2,1H3/t22?,23-,24+/m0/s1. The molecule has 2 heterocycles. The number of aromatic nitrogens is 3. The first kappa shape index (κ1) is 20.5. The van der Waals surface area contributed by atoms with E-state index in [4.69, 9.17) is 0 Å². The van der Waals surface area contributed by atoms with Gasteiger partial charge in [-0.25, -0.2) is 9.07 Å². The van der Waals surface area contributed by atoms with Crippen LogP contribution < -0.4 is 0 Å². The van der Waals surface area contributed by atoms with Crippen LogP contribution in [0.3, 0.4) is 0 Å². The normalized spacial score (nSPS) is 25.6. The minimum atomic E-state index is -1.06. The molecule has 5 rings (SSSR count). The van der Waals surface area contributed by atoms with Gasteiger partial charge in [0.25, 0.3) is 0 Å². The van der Waals surface area contributed by atoms with E-state index in [1.54, 1.807) is 24.4 Å². The Kier molecular flexibility index (Phi) is 4.88. The number of rotatable bonds is 4. The molecule has 1 aromatic carbocycles. The lowest BCUT2D eigenvalue weighted by Gasteiger charge is -2.43. The molecule has 1 unspecified atom stereocenters. The first-order valence-electron chi connectivity index (χ1n) is 10.3. The van der Waals surface area contributed by atoms with Crippen LogP contribution in [-0.2, 0) is 6.42 Å².